The predicted molar refractivity (Wildman–Crippen MR) is 50.4 cm³/mol. The maximum Gasteiger partial charge on any atom is 0.335 e. The minimum absolute atomic E-state index is 0.211. The molecule has 0 atom stereocenters. The van der Waals surface area contributed by atoms with Crippen LogP contribution in [0.25, 0.3) is 0 Å². The molecule has 0 aliphatic heterocycles. The van der Waals surface area contributed by atoms with Crippen LogP contribution in [0.4, 0.5) is 5.69 Å². The summed E-state index contributed by atoms with van der Waals surface area (Å²) >= 11 is 0. The van der Waals surface area contributed by atoms with Gasteiger partial charge in [0, 0.05) is 0 Å². The van der Waals surface area contributed by atoms with Crippen LogP contribution >= 0.6 is 0 Å². The van der Waals surface area contributed by atoms with Gasteiger partial charge < -0.3 is 10.8 Å². The molecule has 0 fully saturated rings. The summed E-state index contributed by atoms with van der Waals surface area (Å²) in [6.45, 7) is 1.65. The number of hydrogen-bond acceptors (Lipinski definition) is 2. The van der Waals surface area contributed by atoms with Gasteiger partial charge in [-0.1, -0.05) is 6.07 Å². The maximum absolute atomic E-state index is 10.6. The van der Waals surface area contributed by atoms with Gasteiger partial charge in [-0.3, -0.25) is 0 Å². The molecule has 4 heteroatoms. The third-order valence-electron chi connectivity index (χ3n) is 1.40. The largest absolute Gasteiger partial charge is 0.478 e. The maximum atomic E-state index is 10.6. The van der Waals surface area contributed by atoms with Gasteiger partial charge in [0.05, 0.1) is 17.1 Å². The molecule has 13 heavy (non-hydrogen) atoms. The molecule has 0 radical (unpaired) electrons. The second-order valence-corrected chi connectivity index (χ2v) is 2.61. The highest BCUT2D eigenvalue weighted by molar-refractivity contribution is 5.89. The number of amidine groups is 1. The minimum atomic E-state index is -0.966. The van der Waals surface area contributed by atoms with Gasteiger partial charge >= 0.3 is 5.97 Å². The molecule has 0 aliphatic carbocycles. The summed E-state index contributed by atoms with van der Waals surface area (Å²) in [4.78, 5) is 14.5. The first-order chi connectivity index (χ1) is 6.09. The molecule has 0 amide bonds. The second kappa shape index (κ2) is 3.71. The van der Waals surface area contributed by atoms with E-state index < -0.39 is 5.97 Å². The van der Waals surface area contributed by atoms with Crippen molar-refractivity contribution in [2.75, 3.05) is 0 Å². The fourth-order valence-electron chi connectivity index (χ4n) is 0.912. The summed E-state index contributed by atoms with van der Waals surface area (Å²) in [5.74, 6) is -0.561. The second-order valence-electron chi connectivity index (χ2n) is 2.61. The van der Waals surface area contributed by atoms with Crippen LogP contribution in [0, 0.1) is 0 Å². The Morgan fingerprint density at radius 3 is 2.77 bits per heavy atom. The lowest BCUT2D eigenvalue weighted by molar-refractivity contribution is 0.0697. The zero-order valence-corrected chi connectivity index (χ0v) is 7.19. The predicted octanol–water partition coefficient (Wildman–Crippen LogP) is 1.39. The number of rotatable bonds is 2. The van der Waals surface area contributed by atoms with Crippen LogP contribution in [0.15, 0.2) is 29.3 Å². The van der Waals surface area contributed by atoms with E-state index in [1.807, 2.05) is 0 Å². The molecule has 0 heterocycles. The van der Waals surface area contributed by atoms with Gasteiger partial charge in [-0.05, 0) is 25.1 Å². The summed E-state index contributed by atoms with van der Waals surface area (Å²) in [6.07, 6.45) is 0. The van der Waals surface area contributed by atoms with Crippen molar-refractivity contribution < 1.29 is 9.90 Å². The van der Waals surface area contributed by atoms with Gasteiger partial charge in [-0.15, -0.1) is 0 Å². The quantitative estimate of drug-likeness (QED) is 0.530. The number of hydrogen-bond donors (Lipinski definition) is 2. The topological polar surface area (TPSA) is 75.7 Å². The van der Waals surface area contributed by atoms with E-state index >= 15 is 0 Å². The van der Waals surface area contributed by atoms with E-state index in [-0.39, 0.29) is 5.56 Å². The van der Waals surface area contributed by atoms with Crippen molar-refractivity contribution >= 4 is 17.5 Å². The lowest BCUT2D eigenvalue weighted by Crippen LogP contribution is -2.04. The molecule has 0 aromatic heterocycles. The van der Waals surface area contributed by atoms with Gasteiger partial charge in [0.2, 0.25) is 0 Å². The summed E-state index contributed by atoms with van der Waals surface area (Å²) in [6, 6.07) is 6.31. The Kier molecular flexibility index (Phi) is 2.64. The molecule has 1 rings (SSSR count). The van der Waals surface area contributed by atoms with Crippen molar-refractivity contribution in [3.63, 3.8) is 0 Å². The van der Waals surface area contributed by atoms with Gasteiger partial charge in [0.1, 0.15) is 0 Å². The Balaban J connectivity index is 3.06. The fourth-order valence-corrected chi connectivity index (χ4v) is 0.912. The number of aromatic carboxylic acids is 1. The Morgan fingerprint density at radius 2 is 2.23 bits per heavy atom. The van der Waals surface area contributed by atoms with E-state index in [2.05, 4.69) is 4.99 Å². The number of carbonyl (C=O) groups is 1. The van der Waals surface area contributed by atoms with Crippen LogP contribution in [0.3, 0.4) is 0 Å². The van der Waals surface area contributed by atoms with E-state index in [4.69, 9.17) is 10.8 Å². The molecule has 0 saturated carbocycles. The number of carboxylic acid groups (broad SMARTS) is 1. The summed E-state index contributed by atoms with van der Waals surface area (Å²) < 4.78 is 0. The van der Waals surface area contributed by atoms with Crippen LogP contribution in [0.1, 0.15) is 17.3 Å². The van der Waals surface area contributed by atoms with Crippen molar-refractivity contribution in [3.05, 3.63) is 29.8 Å². The standard InChI is InChI=1S/C9H10N2O2/c1-6(10)11-8-4-2-3-7(5-8)9(12)13/h2-5H,1H3,(H2,10,11)(H,12,13). The number of aliphatic imine (C=N–C) groups is 1. The third-order valence-corrected chi connectivity index (χ3v) is 1.40. The molecule has 0 spiro atoms. The lowest BCUT2D eigenvalue weighted by Gasteiger charge is -1.96. The number of nitrogens with zero attached hydrogens (tertiary/aromatic N) is 1. The van der Waals surface area contributed by atoms with Crippen LogP contribution in [0.5, 0.6) is 0 Å². The van der Waals surface area contributed by atoms with E-state index in [0.717, 1.165) is 0 Å². The average Bonchev–Trinajstić information content (AvgIpc) is 2.03. The van der Waals surface area contributed by atoms with E-state index in [9.17, 15) is 4.79 Å². The average molecular weight is 178 g/mol. The van der Waals surface area contributed by atoms with Crippen molar-refractivity contribution in [3.8, 4) is 0 Å². The SMILES string of the molecule is CC(N)=Nc1cccc(C(=O)O)c1. The van der Waals surface area contributed by atoms with Gasteiger partial charge in [0.25, 0.3) is 0 Å². The molecule has 0 bridgehead atoms. The zero-order valence-electron chi connectivity index (χ0n) is 7.19. The number of benzene rings is 1. The van der Waals surface area contributed by atoms with Crippen molar-refractivity contribution in [1.29, 1.82) is 0 Å². The number of nitrogens with two attached hydrogens (primary N) is 1. The lowest BCUT2D eigenvalue weighted by atomic mass is 10.2. The van der Waals surface area contributed by atoms with Crippen molar-refractivity contribution in [1.82, 2.24) is 0 Å². The van der Waals surface area contributed by atoms with Crippen LogP contribution in [-0.2, 0) is 0 Å². The molecular weight excluding hydrogens is 168 g/mol. The molecular formula is C9H10N2O2. The molecule has 1 aromatic rings. The monoisotopic (exact) mass is 178 g/mol. The fraction of sp³-hybridized carbons (Fsp3) is 0.111. The number of carboxylic acids is 1. The Hall–Kier alpha value is -1.84. The van der Waals surface area contributed by atoms with E-state index in [1.54, 1.807) is 19.1 Å². The smallest absolute Gasteiger partial charge is 0.335 e. The first kappa shape index (κ1) is 9.25. The molecule has 68 valence electrons. The summed E-state index contributed by atoms with van der Waals surface area (Å²) in [5.41, 5.74) is 6.12. The molecule has 4 nitrogen and oxygen atoms in total. The molecule has 3 N–H and O–H groups in total. The van der Waals surface area contributed by atoms with Crippen molar-refractivity contribution in [2.45, 2.75) is 6.92 Å². The van der Waals surface area contributed by atoms with Crippen molar-refractivity contribution in [2.24, 2.45) is 10.7 Å². The van der Waals surface area contributed by atoms with Gasteiger partial charge in [-0.2, -0.15) is 0 Å². The van der Waals surface area contributed by atoms with E-state index in [1.165, 1.54) is 12.1 Å². The van der Waals surface area contributed by atoms with Gasteiger partial charge in [-0.25, -0.2) is 9.79 Å². The summed E-state index contributed by atoms with van der Waals surface area (Å²) in [5, 5.41) is 8.66. The highest BCUT2D eigenvalue weighted by atomic mass is 16.4. The molecule has 0 saturated heterocycles. The highest BCUT2D eigenvalue weighted by Gasteiger charge is 2.01. The molecule has 0 unspecified atom stereocenters. The molecule has 1 aromatic carbocycles. The van der Waals surface area contributed by atoms with E-state index in [0.29, 0.717) is 11.5 Å². The van der Waals surface area contributed by atoms with Crippen LogP contribution in [0.2, 0.25) is 0 Å². The zero-order chi connectivity index (χ0) is 9.84. The Labute approximate surface area is 75.7 Å². The summed E-state index contributed by atoms with van der Waals surface area (Å²) in [7, 11) is 0. The Bertz CT molecular complexity index is 354. The van der Waals surface area contributed by atoms with Crippen LogP contribution < -0.4 is 5.73 Å². The van der Waals surface area contributed by atoms with Crippen LogP contribution in [-0.4, -0.2) is 16.9 Å². The third kappa shape index (κ3) is 2.59. The Morgan fingerprint density at radius 1 is 1.54 bits per heavy atom. The first-order valence-electron chi connectivity index (χ1n) is 3.73. The minimum Gasteiger partial charge on any atom is -0.478 e. The molecule has 0 aliphatic rings. The normalized spacial score (nSPS) is 11.3. The first-order valence-corrected chi connectivity index (χ1v) is 3.73. The van der Waals surface area contributed by atoms with Gasteiger partial charge in [0.15, 0.2) is 0 Å². The highest BCUT2D eigenvalue weighted by Crippen LogP contribution is 2.13.